The van der Waals surface area contributed by atoms with Gasteiger partial charge >= 0.3 is 0 Å². The zero-order valence-electron chi connectivity index (χ0n) is 14.5. The maximum atomic E-state index is 10.6. The Morgan fingerprint density at radius 1 is 0.964 bits per heavy atom. The van der Waals surface area contributed by atoms with E-state index in [9.17, 15) is 15.3 Å². The number of hydrogen-bond donors (Lipinski definition) is 4. The summed E-state index contributed by atoms with van der Waals surface area (Å²) in [6.45, 7) is -0.709. The second-order valence-corrected chi connectivity index (χ2v) is 6.78. The molecule has 0 unspecified atom stereocenters. The summed E-state index contributed by atoms with van der Waals surface area (Å²) in [6.07, 6.45) is -4.76. The lowest BCUT2D eigenvalue weighted by molar-refractivity contribution is -0.0786. The van der Waals surface area contributed by atoms with E-state index < -0.39 is 24.9 Å². The average molecular weight is 401 g/mol. The molecule has 2 aromatic heterocycles. The Balaban J connectivity index is 1.98. The Labute approximate surface area is 164 Å². The van der Waals surface area contributed by atoms with Crippen LogP contribution in [0.1, 0.15) is 11.8 Å². The lowest BCUT2D eigenvalue weighted by Crippen LogP contribution is -2.35. The largest absolute Gasteiger partial charge is 0.394 e. The Bertz CT molecular complexity index is 1140. The summed E-state index contributed by atoms with van der Waals surface area (Å²) in [5.74, 6) is 0. The zero-order valence-corrected chi connectivity index (χ0v) is 15.3. The fourth-order valence-corrected chi connectivity index (χ4v) is 3.14. The number of benzene rings is 2. The molecule has 2 aromatic carbocycles. The van der Waals surface area contributed by atoms with Gasteiger partial charge in [0.1, 0.15) is 29.5 Å². The van der Waals surface area contributed by atoms with Crippen LogP contribution in [0, 0.1) is 0 Å². The molecule has 28 heavy (non-hydrogen) atoms. The standard InChI is InChI=1S/C19H17ClN4O4/c20-10-6-7-12-13(8-10)21-16-15(18(28)17(27)14(26)9-25)23-24(19(16)22-12)11-4-2-1-3-5-11/h1-8,14,17-18,25-28H,9H2/t14-,17-,18+/m1/s1. The summed E-state index contributed by atoms with van der Waals surface area (Å²) in [5, 5.41) is 44.4. The fraction of sp³-hybridized carbons (Fsp3) is 0.211. The van der Waals surface area contributed by atoms with Gasteiger partial charge in [-0.3, -0.25) is 0 Å². The van der Waals surface area contributed by atoms with Crippen molar-refractivity contribution >= 4 is 33.8 Å². The third kappa shape index (κ3) is 3.21. The number of hydrogen-bond acceptors (Lipinski definition) is 7. The molecule has 9 heteroatoms. The van der Waals surface area contributed by atoms with Crippen LogP contribution >= 0.6 is 11.6 Å². The van der Waals surface area contributed by atoms with Gasteiger partial charge in [0.25, 0.3) is 0 Å². The van der Waals surface area contributed by atoms with E-state index in [0.717, 1.165) is 0 Å². The first-order valence-corrected chi connectivity index (χ1v) is 8.94. The summed E-state index contributed by atoms with van der Waals surface area (Å²) >= 11 is 6.05. The smallest absolute Gasteiger partial charge is 0.182 e. The van der Waals surface area contributed by atoms with Crippen LogP contribution in [0.5, 0.6) is 0 Å². The summed E-state index contributed by atoms with van der Waals surface area (Å²) in [5.41, 5.74) is 2.44. The Morgan fingerprint density at radius 2 is 1.71 bits per heavy atom. The van der Waals surface area contributed by atoms with Crippen molar-refractivity contribution in [2.24, 2.45) is 0 Å². The first kappa shape index (κ1) is 18.7. The first-order valence-electron chi connectivity index (χ1n) is 8.56. The van der Waals surface area contributed by atoms with E-state index in [4.69, 9.17) is 16.7 Å². The maximum Gasteiger partial charge on any atom is 0.182 e. The van der Waals surface area contributed by atoms with Crippen molar-refractivity contribution in [2.45, 2.75) is 18.3 Å². The molecule has 0 aliphatic rings. The molecule has 4 rings (SSSR count). The predicted molar refractivity (Wildman–Crippen MR) is 103 cm³/mol. The minimum absolute atomic E-state index is 0.0354. The van der Waals surface area contributed by atoms with Crippen LogP contribution in [0.2, 0.25) is 5.02 Å². The third-order valence-electron chi connectivity index (χ3n) is 4.44. The lowest BCUT2D eigenvalue weighted by atomic mass is 10.1. The summed E-state index contributed by atoms with van der Waals surface area (Å²) < 4.78 is 1.51. The number of aliphatic hydroxyl groups excluding tert-OH is 4. The van der Waals surface area contributed by atoms with E-state index in [2.05, 4.69) is 15.1 Å². The Kier molecular flexibility index (Phi) is 4.96. The summed E-state index contributed by atoms with van der Waals surface area (Å²) in [6, 6.07) is 14.2. The SMILES string of the molecule is OC[C@@H](O)[C@@H](O)[C@@H](O)c1nn(-c2ccccc2)c2nc3ccc(Cl)cc3nc12. The molecular formula is C19H17ClN4O4. The van der Waals surface area contributed by atoms with Crippen LogP contribution in [0.4, 0.5) is 0 Å². The zero-order chi connectivity index (χ0) is 19.8. The van der Waals surface area contributed by atoms with E-state index in [1.165, 1.54) is 4.68 Å². The molecule has 0 saturated heterocycles. The van der Waals surface area contributed by atoms with E-state index in [-0.39, 0.29) is 11.2 Å². The van der Waals surface area contributed by atoms with Crippen molar-refractivity contribution < 1.29 is 20.4 Å². The third-order valence-corrected chi connectivity index (χ3v) is 4.68. The van der Waals surface area contributed by atoms with Gasteiger partial charge in [0.05, 0.1) is 23.3 Å². The molecule has 0 amide bonds. The van der Waals surface area contributed by atoms with Crippen LogP contribution in [0.25, 0.3) is 27.9 Å². The highest BCUT2D eigenvalue weighted by Crippen LogP contribution is 2.29. The van der Waals surface area contributed by atoms with Gasteiger partial charge < -0.3 is 20.4 Å². The van der Waals surface area contributed by atoms with Crippen molar-refractivity contribution in [3.63, 3.8) is 0 Å². The van der Waals surface area contributed by atoms with Gasteiger partial charge in [-0.25, -0.2) is 14.6 Å². The van der Waals surface area contributed by atoms with Crippen LogP contribution in [0.3, 0.4) is 0 Å². The predicted octanol–water partition coefficient (Wildman–Crippen LogP) is 1.37. The van der Waals surface area contributed by atoms with E-state index >= 15 is 0 Å². The van der Waals surface area contributed by atoms with Gasteiger partial charge in [0, 0.05) is 5.02 Å². The summed E-state index contributed by atoms with van der Waals surface area (Å²) in [4.78, 5) is 9.12. The van der Waals surface area contributed by atoms with Crippen molar-refractivity contribution in [1.82, 2.24) is 19.7 Å². The minimum Gasteiger partial charge on any atom is -0.394 e. The van der Waals surface area contributed by atoms with E-state index in [0.29, 0.717) is 27.4 Å². The van der Waals surface area contributed by atoms with Crippen molar-refractivity contribution in [3.05, 3.63) is 59.2 Å². The highest BCUT2D eigenvalue weighted by atomic mass is 35.5. The number of rotatable bonds is 5. The number of halogens is 1. The monoisotopic (exact) mass is 400 g/mol. The van der Waals surface area contributed by atoms with Gasteiger partial charge in [-0.15, -0.1) is 0 Å². The van der Waals surface area contributed by atoms with Gasteiger partial charge in [-0.05, 0) is 30.3 Å². The average Bonchev–Trinajstić information content (AvgIpc) is 3.09. The Hall–Kier alpha value is -2.62. The van der Waals surface area contributed by atoms with Gasteiger partial charge in [0.15, 0.2) is 5.65 Å². The Morgan fingerprint density at radius 3 is 2.43 bits per heavy atom. The highest BCUT2D eigenvalue weighted by Gasteiger charge is 2.31. The normalized spacial score (nSPS) is 15.0. The maximum absolute atomic E-state index is 10.6. The second kappa shape index (κ2) is 7.42. The van der Waals surface area contributed by atoms with E-state index in [1.807, 2.05) is 30.3 Å². The number of para-hydroxylation sites is 1. The fourth-order valence-electron chi connectivity index (χ4n) is 2.97. The van der Waals surface area contributed by atoms with Crippen LogP contribution in [-0.4, -0.2) is 59.0 Å². The molecule has 4 aromatic rings. The van der Waals surface area contributed by atoms with Crippen LogP contribution < -0.4 is 0 Å². The molecule has 0 aliphatic carbocycles. The molecule has 3 atom stereocenters. The molecular weight excluding hydrogens is 384 g/mol. The molecule has 2 heterocycles. The minimum atomic E-state index is -1.65. The van der Waals surface area contributed by atoms with E-state index in [1.54, 1.807) is 18.2 Å². The highest BCUT2D eigenvalue weighted by molar-refractivity contribution is 6.31. The molecule has 4 N–H and O–H groups in total. The molecule has 0 saturated carbocycles. The molecule has 0 radical (unpaired) electrons. The number of aliphatic hydroxyl groups is 4. The molecule has 144 valence electrons. The second-order valence-electron chi connectivity index (χ2n) is 6.35. The van der Waals surface area contributed by atoms with Crippen LogP contribution in [-0.2, 0) is 0 Å². The van der Waals surface area contributed by atoms with Crippen LogP contribution in [0.15, 0.2) is 48.5 Å². The molecule has 0 spiro atoms. The molecule has 0 fully saturated rings. The number of aromatic nitrogens is 4. The molecule has 8 nitrogen and oxygen atoms in total. The first-order chi connectivity index (χ1) is 13.5. The number of fused-ring (bicyclic) bond motifs is 2. The quantitative estimate of drug-likeness (QED) is 0.398. The summed E-state index contributed by atoms with van der Waals surface area (Å²) in [7, 11) is 0. The van der Waals surface area contributed by atoms with Gasteiger partial charge in [-0.1, -0.05) is 29.8 Å². The lowest BCUT2D eigenvalue weighted by Gasteiger charge is -2.19. The molecule has 0 bridgehead atoms. The van der Waals surface area contributed by atoms with Gasteiger partial charge in [0.2, 0.25) is 0 Å². The van der Waals surface area contributed by atoms with Crippen molar-refractivity contribution in [1.29, 1.82) is 0 Å². The van der Waals surface area contributed by atoms with Gasteiger partial charge in [-0.2, -0.15) is 5.10 Å². The van der Waals surface area contributed by atoms with Crippen molar-refractivity contribution in [2.75, 3.05) is 6.61 Å². The molecule has 0 aliphatic heterocycles. The van der Waals surface area contributed by atoms with Crippen molar-refractivity contribution in [3.8, 4) is 5.69 Å². The topological polar surface area (TPSA) is 125 Å². The number of nitrogens with zero attached hydrogens (tertiary/aromatic N) is 4.